The molecule has 0 radical (unpaired) electrons. The number of methoxy groups -OCH3 is 1. The fraction of sp³-hybridized carbons (Fsp3) is 0.333. The molecule has 6 heteroatoms. The van der Waals surface area contributed by atoms with Gasteiger partial charge in [-0.1, -0.05) is 5.16 Å². The van der Waals surface area contributed by atoms with E-state index in [0.717, 1.165) is 5.56 Å². The minimum absolute atomic E-state index is 0.0429. The molecule has 4 N–H and O–H groups in total. The number of ether oxygens (including phenoxy) is 1. The first-order valence-corrected chi connectivity index (χ1v) is 5.60. The van der Waals surface area contributed by atoms with Crippen molar-refractivity contribution in [2.45, 2.75) is 19.4 Å². The Bertz CT molecular complexity index is 518. The zero-order chi connectivity index (χ0) is 13.1. The van der Waals surface area contributed by atoms with E-state index < -0.39 is 0 Å². The maximum Gasteiger partial charge on any atom is 0.258 e. The predicted octanol–water partition coefficient (Wildman–Crippen LogP) is 1.48. The summed E-state index contributed by atoms with van der Waals surface area (Å²) in [5.74, 6) is 1.01. The van der Waals surface area contributed by atoms with Crippen molar-refractivity contribution in [3.05, 3.63) is 24.0 Å². The molecule has 0 amide bonds. The molecule has 0 fully saturated rings. The van der Waals surface area contributed by atoms with E-state index in [4.69, 9.17) is 20.7 Å². The molecule has 1 atom stereocenters. The van der Waals surface area contributed by atoms with Gasteiger partial charge in [0.25, 0.3) is 5.89 Å². The lowest BCUT2D eigenvalue weighted by Crippen LogP contribution is -2.09. The van der Waals surface area contributed by atoms with Gasteiger partial charge in [0.05, 0.1) is 6.10 Å². The van der Waals surface area contributed by atoms with Gasteiger partial charge in [0.2, 0.25) is 0 Å². The fourth-order valence-corrected chi connectivity index (χ4v) is 1.59. The van der Waals surface area contributed by atoms with Crippen molar-refractivity contribution in [1.29, 1.82) is 0 Å². The number of nitrogens with two attached hydrogens (primary N) is 2. The van der Waals surface area contributed by atoms with E-state index in [9.17, 15) is 0 Å². The zero-order valence-electron chi connectivity index (χ0n) is 10.4. The number of aromatic nitrogens is 2. The first kappa shape index (κ1) is 12.4. The van der Waals surface area contributed by atoms with Gasteiger partial charge < -0.3 is 20.7 Å². The average Bonchev–Trinajstić information content (AvgIpc) is 2.76. The molecule has 1 aromatic heterocycles. The smallest absolute Gasteiger partial charge is 0.258 e. The van der Waals surface area contributed by atoms with Crippen LogP contribution < -0.4 is 11.5 Å². The van der Waals surface area contributed by atoms with E-state index in [-0.39, 0.29) is 6.10 Å². The normalized spacial score (nSPS) is 12.6. The molecule has 0 saturated heterocycles. The molecule has 0 aliphatic carbocycles. The maximum absolute atomic E-state index is 5.72. The van der Waals surface area contributed by atoms with E-state index >= 15 is 0 Å². The molecule has 2 aromatic rings. The summed E-state index contributed by atoms with van der Waals surface area (Å²) >= 11 is 0. The lowest BCUT2D eigenvalue weighted by atomic mass is 10.2. The highest BCUT2D eigenvalue weighted by atomic mass is 16.5. The van der Waals surface area contributed by atoms with Gasteiger partial charge in [-0.3, -0.25) is 0 Å². The van der Waals surface area contributed by atoms with Crippen LogP contribution in [-0.4, -0.2) is 23.4 Å². The van der Waals surface area contributed by atoms with E-state index in [1.54, 1.807) is 25.3 Å². The van der Waals surface area contributed by atoms with Crippen LogP contribution in [0.25, 0.3) is 11.5 Å². The Morgan fingerprint density at radius 3 is 2.56 bits per heavy atom. The summed E-state index contributed by atoms with van der Waals surface area (Å²) in [5.41, 5.74) is 13.3. The zero-order valence-corrected chi connectivity index (χ0v) is 10.4. The van der Waals surface area contributed by atoms with Gasteiger partial charge in [-0.05, 0) is 25.1 Å². The quantitative estimate of drug-likeness (QED) is 0.795. The highest BCUT2D eigenvalue weighted by Gasteiger charge is 2.12. The average molecular weight is 248 g/mol. The van der Waals surface area contributed by atoms with Crippen LogP contribution in [0.2, 0.25) is 0 Å². The first-order chi connectivity index (χ1) is 8.58. The predicted molar refractivity (Wildman–Crippen MR) is 68.7 cm³/mol. The third-order valence-corrected chi connectivity index (χ3v) is 2.57. The fourth-order valence-electron chi connectivity index (χ4n) is 1.59. The first-order valence-electron chi connectivity index (χ1n) is 5.60. The van der Waals surface area contributed by atoms with Gasteiger partial charge in [-0.15, -0.1) is 0 Å². The minimum Gasteiger partial charge on any atom is -0.399 e. The summed E-state index contributed by atoms with van der Waals surface area (Å²) in [4.78, 5) is 4.28. The Balaban J connectivity index is 2.23. The second-order valence-corrected chi connectivity index (χ2v) is 4.15. The molecule has 1 unspecified atom stereocenters. The van der Waals surface area contributed by atoms with Crippen molar-refractivity contribution in [2.75, 3.05) is 18.6 Å². The van der Waals surface area contributed by atoms with Crippen LogP contribution in [0.4, 0.5) is 11.4 Å². The molecule has 18 heavy (non-hydrogen) atoms. The van der Waals surface area contributed by atoms with Gasteiger partial charge >= 0.3 is 0 Å². The van der Waals surface area contributed by atoms with Crippen LogP contribution in [-0.2, 0) is 11.2 Å². The van der Waals surface area contributed by atoms with E-state index in [1.165, 1.54) is 0 Å². The third-order valence-electron chi connectivity index (χ3n) is 2.57. The van der Waals surface area contributed by atoms with Crippen molar-refractivity contribution < 1.29 is 9.26 Å². The van der Waals surface area contributed by atoms with Crippen molar-refractivity contribution in [3.8, 4) is 11.5 Å². The summed E-state index contributed by atoms with van der Waals surface area (Å²) in [6.07, 6.45) is 0.638. The summed E-state index contributed by atoms with van der Waals surface area (Å²) in [7, 11) is 1.64. The summed E-state index contributed by atoms with van der Waals surface area (Å²) < 4.78 is 10.3. The van der Waals surface area contributed by atoms with Gasteiger partial charge in [0.1, 0.15) is 0 Å². The lowest BCUT2D eigenvalue weighted by Gasteiger charge is -2.04. The molecule has 1 aromatic carbocycles. The third kappa shape index (κ3) is 2.78. The summed E-state index contributed by atoms with van der Waals surface area (Å²) in [6.45, 7) is 1.94. The molecule has 0 aliphatic rings. The number of nitrogens with zero attached hydrogens (tertiary/aromatic N) is 2. The van der Waals surface area contributed by atoms with Crippen LogP contribution in [0.15, 0.2) is 22.7 Å². The van der Waals surface area contributed by atoms with Gasteiger partial charge in [-0.2, -0.15) is 4.98 Å². The number of hydrogen-bond donors (Lipinski definition) is 2. The molecule has 0 aliphatic heterocycles. The molecule has 1 heterocycles. The molecule has 0 bridgehead atoms. The van der Waals surface area contributed by atoms with E-state index in [2.05, 4.69) is 10.1 Å². The monoisotopic (exact) mass is 248 g/mol. The highest BCUT2D eigenvalue weighted by Crippen LogP contribution is 2.23. The molecule has 6 nitrogen and oxygen atoms in total. The number of hydrogen-bond acceptors (Lipinski definition) is 6. The minimum atomic E-state index is 0.0429. The molecular weight excluding hydrogens is 232 g/mol. The molecule has 96 valence electrons. The van der Waals surface area contributed by atoms with Crippen LogP contribution in [0, 0.1) is 0 Å². The summed E-state index contributed by atoms with van der Waals surface area (Å²) in [6, 6.07) is 5.16. The van der Waals surface area contributed by atoms with Crippen molar-refractivity contribution in [2.24, 2.45) is 0 Å². The molecule has 2 rings (SSSR count). The van der Waals surface area contributed by atoms with Crippen molar-refractivity contribution in [3.63, 3.8) is 0 Å². The Kier molecular flexibility index (Phi) is 3.47. The molecule has 0 saturated carbocycles. The Labute approximate surface area is 105 Å². The standard InChI is InChI=1S/C12H16N4O2/c1-7(17-2)3-11-15-12(18-16-11)8-4-9(13)6-10(14)5-8/h4-7H,3,13-14H2,1-2H3. The van der Waals surface area contributed by atoms with Crippen LogP contribution >= 0.6 is 0 Å². The van der Waals surface area contributed by atoms with Crippen LogP contribution in [0.1, 0.15) is 12.7 Å². The SMILES string of the molecule is COC(C)Cc1noc(-c2cc(N)cc(N)c2)n1. The van der Waals surface area contributed by atoms with Crippen molar-refractivity contribution >= 4 is 11.4 Å². The Hall–Kier alpha value is -2.08. The van der Waals surface area contributed by atoms with Crippen LogP contribution in [0.3, 0.4) is 0 Å². The second kappa shape index (κ2) is 5.05. The van der Waals surface area contributed by atoms with Crippen molar-refractivity contribution in [1.82, 2.24) is 10.1 Å². The molecule has 0 spiro atoms. The number of nitrogen functional groups attached to an aromatic ring is 2. The van der Waals surface area contributed by atoms with E-state index in [0.29, 0.717) is 29.5 Å². The van der Waals surface area contributed by atoms with Gasteiger partial charge in [0.15, 0.2) is 5.82 Å². The summed E-state index contributed by atoms with van der Waals surface area (Å²) in [5, 5.41) is 3.89. The molecular formula is C12H16N4O2. The van der Waals surface area contributed by atoms with E-state index in [1.807, 2.05) is 6.92 Å². The number of anilines is 2. The topological polar surface area (TPSA) is 100 Å². The largest absolute Gasteiger partial charge is 0.399 e. The lowest BCUT2D eigenvalue weighted by molar-refractivity contribution is 0.116. The van der Waals surface area contributed by atoms with Gasteiger partial charge in [-0.25, -0.2) is 0 Å². The Morgan fingerprint density at radius 2 is 1.94 bits per heavy atom. The second-order valence-electron chi connectivity index (χ2n) is 4.15. The number of benzene rings is 1. The van der Waals surface area contributed by atoms with Crippen LogP contribution in [0.5, 0.6) is 0 Å². The highest BCUT2D eigenvalue weighted by molar-refractivity contribution is 5.66. The van der Waals surface area contributed by atoms with Gasteiger partial charge in [0, 0.05) is 30.5 Å². The number of rotatable bonds is 4. The maximum atomic E-state index is 5.72. The Morgan fingerprint density at radius 1 is 1.28 bits per heavy atom.